The molecule has 0 radical (unpaired) electrons. The van der Waals surface area contributed by atoms with Crippen LogP contribution in [0.5, 0.6) is 0 Å². The molecule has 6 heteroatoms. The maximum Gasteiger partial charge on any atom is 0.326 e. The predicted octanol–water partition coefficient (Wildman–Crippen LogP) is 0.972. The number of aliphatic carboxylic acids is 2. The molecule has 0 fully saturated rings. The highest BCUT2D eigenvalue weighted by Gasteiger charge is 2.22. The molecule has 0 saturated carbocycles. The summed E-state index contributed by atoms with van der Waals surface area (Å²) in [6.45, 7) is 1.96. The molecular weight excluding hydrogens is 262 g/mol. The number of rotatable bonds is 7. The summed E-state index contributed by atoms with van der Waals surface area (Å²) in [6.07, 6.45) is -0.0381. The molecule has 0 spiro atoms. The lowest BCUT2D eigenvalue weighted by molar-refractivity contribution is -0.147. The zero-order valence-corrected chi connectivity index (χ0v) is 11.1. The average molecular weight is 279 g/mol. The van der Waals surface area contributed by atoms with Gasteiger partial charge in [-0.25, -0.2) is 4.79 Å². The molecule has 0 heterocycles. The fourth-order valence-corrected chi connectivity index (χ4v) is 1.65. The molecule has 108 valence electrons. The molecule has 1 amide bonds. The standard InChI is InChI=1S/C14H17NO5/c1-9-2-4-10(5-3-9)6-7-12(16)15-11(14(19)20)8-13(17)18/h2-5,11H,6-8H2,1H3,(H,15,16)(H,17,18)(H,19,20)/t11-/m1/s1. The lowest BCUT2D eigenvalue weighted by atomic mass is 10.1. The van der Waals surface area contributed by atoms with Crippen LogP contribution in [0, 0.1) is 6.92 Å². The van der Waals surface area contributed by atoms with E-state index >= 15 is 0 Å². The molecule has 20 heavy (non-hydrogen) atoms. The molecule has 1 atom stereocenters. The van der Waals surface area contributed by atoms with Crippen molar-refractivity contribution in [2.75, 3.05) is 0 Å². The van der Waals surface area contributed by atoms with E-state index in [2.05, 4.69) is 5.32 Å². The summed E-state index contributed by atoms with van der Waals surface area (Å²) in [5.74, 6) is -3.09. The maximum atomic E-state index is 11.6. The number of amides is 1. The minimum Gasteiger partial charge on any atom is -0.481 e. The summed E-state index contributed by atoms with van der Waals surface area (Å²) < 4.78 is 0. The second-order valence-corrected chi connectivity index (χ2v) is 4.54. The number of carboxylic acid groups (broad SMARTS) is 2. The number of hydrogen-bond acceptors (Lipinski definition) is 3. The largest absolute Gasteiger partial charge is 0.481 e. The van der Waals surface area contributed by atoms with E-state index < -0.39 is 30.3 Å². The molecule has 0 aliphatic heterocycles. The molecule has 0 bridgehead atoms. The van der Waals surface area contributed by atoms with Gasteiger partial charge in [-0.05, 0) is 18.9 Å². The van der Waals surface area contributed by atoms with E-state index in [9.17, 15) is 14.4 Å². The van der Waals surface area contributed by atoms with E-state index in [-0.39, 0.29) is 6.42 Å². The summed E-state index contributed by atoms with van der Waals surface area (Å²) in [6, 6.07) is 6.26. The molecule has 1 aromatic rings. The molecular formula is C14H17NO5. The van der Waals surface area contributed by atoms with E-state index in [0.717, 1.165) is 11.1 Å². The molecule has 0 aromatic heterocycles. The Morgan fingerprint density at radius 2 is 1.75 bits per heavy atom. The first-order valence-electron chi connectivity index (χ1n) is 6.18. The second-order valence-electron chi connectivity index (χ2n) is 4.54. The smallest absolute Gasteiger partial charge is 0.326 e. The number of benzene rings is 1. The van der Waals surface area contributed by atoms with Gasteiger partial charge in [0.05, 0.1) is 6.42 Å². The van der Waals surface area contributed by atoms with Crippen LogP contribution in [0.15, 0.2) is 24.3 Å². The van der Waals surface area contributed by atoms with E-state index in [1.807, 2.05) is 31.2 Å². The fourth-order valence-electron chi connectivity index (χ4n) is 1.65. The SMILES string of the molecule is Cc1ccc(CCC(=O)N[C@H](CC(=O)O)C(=O)O)cc1. The summed E-state index contributed by atoms with van der Waals surface area (Å²) in [5.41, 5.74) is 2.08. The molecule has 6 nitrogen and oxygen atoms in total. The van der Waals surface area contributed by atoms with E-state index in [1.165, 1.54) is 0 Å². The second kappa shape index (κ2) is 7.28. The lowest BCUT2D eigenvalue weighted by Gasteiger charge is -2.12. The number of carbonyl (C=O) groups is 3. The third-order valence-corrected chi connectivity index (χ3v) is 2.77. The van der Waals surface area contributed by atoms with Gasteiger partial charge in [0.2, 0.25) is 5.91 Å². The van der Waals surface area contributed by atoms with Crippen molar-refractivity contribution in [1.29, 1.82) is 0 Å². The van der Waals surface area contributed by atoms with Gasteiger partial charge in [-0.1, -0.05) is 29.8 Å². The molecule has 0 aliphatic rings. The minimum absolute atomic E-state index is 0.118. The van der Waals surface area contributed by atoms with E-state index in [0.29, 0.717) is 6.42 Å². The van der Waals surface area contributed by atoms with Crippen LogP contribution >= 0.6 is 0 Å². The highest BCUT2D eigenvalue weighted by Crippen LogP contribution is 2.06. The predicted molar refractivity (Wildman–Crippen MR) is 71.3 cm³/mol. The van der Waals surface area contributed by atoms with Crippen LogP contribution in [0.2, 0.25) is 0 Å². The third-order valence-electron chi connectivity index (χ3n) is 2.77. The van der Waals surface area contributed by atoms with Crippen LogP contribution < -0.4 is 5.32 Å². The van der Waals surface area contributed by atoms with Crippen molar-refractivity contribution in [3.63, 3.8) is 0 Å². The van der Waals surface area contributed by atoms with Crippen LogP contribution in [-0.4, -0.2) is 34.1 Å². The van der Waals surface area contributed by atoms with Gasteiger partial charge in [0.1, 0.15) is 6.04 Å². The first kappa shape index (κ1) is 15.7. The lowest BCUT2D eigenvalue weighted by Crippen LogP contribution is -2.42. The number of aryl methyl sites for hydroxylation is 2. The maximum absolute atomic E-state index is 11.6. The Morgan fingerprint density at radius 3 is 2.25 bits per heavy atom. The normalized spacial score (nSPS) is 11.7. The van der Waals surface area contributed by atoms with Crippen molar-refractivity contribution >= 4 is 17.8 Å². The third kappa shape index (κ3) is 5.51. The van der Waals surface area contributed by atoms with Crippen LogP contribution in [0.1, 0.15) is 24.0 Å². The Kier molecular flexibility index (Phi) is 5.71. The first-order chi connectivity index (χ1) is 9.38. The number of hydrogen-bond donors (Lipinski definition) is 3. The van der Waals surface area contributed by atoms with Crippen molar-refractivity contribution in [3.8, 4) is 0 Å². The number of nitrogens with one attached hydrogen (secondary N) is 1. The zero-order valence-electron chi connectivity index (χ0n) is 11.1. The van der Waals surface area contributed by atoms with E-state index in [4.69, 9.17) is 10.2 Å². The Bertz CT molecular complexity index is 495. The molecule has 0 unspecified atom stereocenters. The van der Waals surface area contributed by atoms with Gasteiger partial charge >= 0.3 is 11.9 Å². The van der Waals surface area contributed by atoms with Crippen molar-refractivity contribution in [2.45, 2.75) is 32.2 Å². The van der Waals surface area contributed by atoms with Gasteiger partial charge < -0.3 is 15.5 Å². The zero-order chi connectivity index (χ0) is 15.1. The first-order valence-corrected chi connectivity index (χ1v) is 6.18. The quantitative estimate of drug-likeness (QED) is 0.690. The van der Waals surface area contributed by atoms with Gasteiger partial charge in [0, 0.05) is 6.42 Å². The van der Waals surface area contributed by atoms with Gasteiger partial charge in [0.15, 0.2) is 0 Å². The highest BCUT2D eigenvalue weighted by molar-refractivity contribution is 5.86. The van der Waals surface area contributed by atoms with Crippen LogP contribution in [0.25, 0.3) is 0 Å². The van der Waals surface area contributed by atoms with Gasteiger partial charge in [-0.15, -0.1) is 0 Å². The van der Waals surface area contributed by atoms with Gasteiger partial charge in [0.25, 0.3) is 0 Å². The van der Waals surface area contributed by atoms with Crippen molar-refractivity contribution in [2.24, 2.45) is 0 Å². The van der Waals surface area contributed by atoms with Crippen molar-refractivity contribution < 1.29 is 24.6 Å². The Hall–Kier alpha value is -2.37. The molecule has 0 aliphatic carbocycles. The molecule has 3 N–H and O–H groups in total. The van der Waals surface area contributed by atoms with Gasteiger partial charge in [-0.3, -0.25) is 9.59 Å². The van der Waals surface area contributed by atoms with Gasteiger partial charge in [-0.2, -0.15) is 0 Å². The summed E-state index contributed by atoms with van der Waals surface area (Å²) in [5, 5.41) is 19.6. The molecule has 1 rings (SSSR count). The number of carbonyl (C=O) groups excluding carboxylic acids is 1. The fraction of sp³-hybridized carbons (Fsp3) is 0.357. The Labute approximate surface area is 116 Å². The summed E-state index contributed by atoms with van der Waals surface area (Å²) in [4.78, 5) is 32.9. The van der Waals surface area contributed by atoms with Crippen molar-refractivity contribution in [3.05, 3.63) is 35.4 Å². The molecule has 0 saturated heterocycles. The van der Waals surface area contributed by atoms with Crippen LogP contribution in [0.3, 0.4) is 0 Å². The van der Waals surface area contributed by atoms with Crippen molar-refractivity contribution in [1.82, 2.24) is 5.32 Å². The van der Waals surface area contributed by atoms with E-state index in [1.54, 1.807) is 0 Å². The van der Waals surface area contributed by atoms with Crippen LogP contribution in [-0.2, 0) is 20.8 Å². The Balaban J connectivity index is 2.47. The minimum atomic E-state index is -1.39. The monoisotopic (exact) mass is 279 g/mol. The average Bonchev–Trinajstić information content (AvgIpc) is 2.36. The number of carboxylic acids is 2. The highest BCUT2D eigenvalue weighted by atomic mass is 16.4. The summed E-state index contributed by atoms with van der Waals surface area (Å²) in [7, 11) is 0. The summed E-state index contributed by atoms with van der Waals surface area (Å²) >= 11 is 0. The van der Waals surface area contributed by atoms with Crippen LogP contribution in [0.4, 0.5) is 0 Å². The Morgan fingerprint density at radius 1 is 1.15 bits per heavy atom. The molecule has 1 aromatic carbocycles. The topological polar surface area (TPSA) is 104 Å².